The van der Waals surface area contributed by atoms with Crippen LogP contribution in [0.2, 0.25) is 0 Å². The van der Waals surface area contributed by atoms with Crippen LogP contribution in [0.3, 0.4) is 0 Å². The summed E-state index contributed by atoms with van der Waals surface area (Å²) in [4.78, 5) is 19.1. The van der Waals surface area contributed by atoms with E-state index in [1.165, 1.54) is 0 Å². The topological polar surface area (TPSA) is 67.9 Å². The van der Waals surface area contributed by atoms with E-state index in [2.05, 4.69) is 19.1 Å². The van der Waals surface area contributed by atoms with Gasteiger partial charge in [-0.15, -0.1) is 0 Å². The molecular weight excluding hydrogens is 446 g/mol. The number of nitriles is 1. The van der Waals surface area contributed by atoms with E-state index >= 15 is 0 Å². The molecule has 0 N–H and O–H groups in total. The van der Waals surface area contributed by atoms with Gasteiger partial charge in [-0.3, -0.25) is 9.36 Å². The summed E-state index contributed by atoms with van der Waals surface area (Å²) >= 11 is 0. The summed E-state index contributed by atoms with van der Waals surface area (Å²) in [5.41, 5.74) is 2.34. The predicted molar refractivity (Wildman–Crippen MR) is 144 cm³/mol. The average Bonchev–Trinajstić information content (AvgIpc) is 2.88. The third kappa shape index (κ3) is 4.90. The van der Waals surface area contributed by atoms with E-state index in [9.17, 15) is 10.1 Å². The van der Waals surface area contributed by atoms with Crippen LogP contribution in [0.25, 0.3) is 11.1 Å². The summed E-state index contributed by atoms with van der Waals surface area (Å²) < 4.78 is 7.58. The summed E-state index contributed by atoms with van der Waals surface area (Å²) in [6, 6.07) is 20.1. The van der Waals surface area contributed by atoms with Gasteiger partial charge in [0, 0.05) is 13.0 Å². The van der Waals surface area contributed by atoms with Crippen molar-refractivity contribution in [2.24, 2.45) is 5.92 Å². The molecule has 0 saturated heterocycles. The molecule has 0 bridgehead atoms. The lowest BCUT2D eigenvalue weighted by molar-refractivity contribution is 0.242. The molecule has 1 heterocycles. The minimum Gasteiger partial charge on any atom is -0.491 e. The van der Waals surface area contributed by atoms with Crippen LogP contribution in [0.15, 0.2) is 83.7 Å². The highest BCUT2D eigenvalue weighted by atomic mass is 16.5. The first-order valence-corrected chi connectivity index (χ1v) is 12.6. The molecular formula is C31H33N3O2. The second-order valence-electron chi connectivity index (χ2n) is 9.58. The highest BCUT2D eigenvalue weighted by Crippen LogP contribution is 2.39. The van der Waals surface area contributed by atoms with Gasteiger partial charge < -0.3 is 4.74 Å². The molecule has 0 saturated carbocycles. The summed E-state index contributed by atoms with van der Waals surface area (Å²) in [7, 11) is 0. The first kappa shape index (κ1) is 25.2. The molecule has 0 fully saturated rings. The third-order valence-corrected chi connectivity index (χ3v) is 6.65. The number of allylic oxidation sites excluding steroid dienone is 4. The van der Waals surface area contributed by atoms with Crippen LogP contribution in [0, 0.1) is 24.2 Å². The van der Waals surface area contributed by atoms with Gasteiger partial charge in [0.15, 0.2) is 0 Å². The van der Waals surface area contributed by atoms with E-state index in [0.717, 1.165) is 29.1 Å². The van der Waals surface area contributed by atoms with E-state index in [0.29, 0.717) is 24.2 Å². The number of aryl methyl sites for hydroxylation is 2. The van der Waals surface area contributed by atoms with Crippen molar-refractivity contribution in [1.29, 1.82) is 5.26 Å². The van der Waals surface area contributed by atoms with Crippen LogP contribution in [0.4, 0.5) is 0 Å². The Morgan fingerprint density at radius 2 is 1.83 bits per heavy atom. The maximum atomic E-state index is 14.2. The molecule has 0 radical (unpaired) electrons. The molecule has 3 aromatic rings. The lowest BCUT2D eigenvalue weighted by Gasteiger charge is -2.37. The first-order chi connectivity index (χ1) is 17.4. The van der Waals surface area contributed by atoms with Crippen LogP contribution in [-0.4, -0.2) is 15.7 Å². The Morgan fingerprint density at radius 3 is 2.47 bits per heavy atom. The zero-order valence-electron chi connectivity index (χ0n) is 21.4. The SMILES string of the molecule is CCCc1nc(C)c(-c2ccc(OC(C)C)cc2)c(=O)n1CC1(c2ccccc2)C=CC=CC1C#N. The highest BCUT2D eigenvalue weighted by molar-refractivity contribution is 5.65. The minimum absolute atomic E-state index is 0.0738. The smallest absolute Gasteiger partial charge is 0.261 e. The number of hydrogen-bond acceptors (Lipinski definition) is 4. The molecule has 1 aliphatic carbocycles. The Labute approximate surface area is 213 Å². The van der Waals surface area contributed by atoms with Crippen molar-refractivity contribution in [3.8, 4) is 22.9 Å². The summed E-state index contributed by atoms with van der Waals surface area (Å²) in [5.74, 6) is 1.10. The van der Waals surface area contributed by atoms with Crippen LogP contribution in [-0.2, 0) is 18.4 Å². The average molecular weight is 480 g/mol. The predicted octanol–water partition coefficient (Wildman–Crippen LogP) is 6.16. The summed E-state index contributed by atoms with van der Waals surface area (Å²) in [6.07, 6.45) is 9.49. The molecule has 184 valence electrons. The van der Waals surface area contributed by atoms with Gasteiger partial charge >= 0.3 is 0 Å². The molecule has 0 amide bonds. The molecule has 2 atom stereocenters. The maximum absolute atomic E-state index is 14.2. The number of ether oxygens (including phenoxy) is 1. The van der Waals surface area contributed by atoms with Crippen LogP contribution < -0.4 is 10.3 Å². The molecule has 36 heavy (non-hydrogen) atoms. The molecule has 0 aliphatic heterocycles. The van der Waals surface area contributed by atoms with Gasteiger partial charge in [0.25, 0.3) is 5.56 Å². The molecule has 2 unspecified atom stereocenters. The summed E-state index contributed by atoms with van der Waals surface area (Å²) in [5, 5.41) is 10.1. The highest BCUT2D eigenvalue weighted by Gasteiger charge is 2.40. The monoisotopic (exact) mass is 479 g/mol. The molecule has 5 heteroatoms. The second kappa shape index (κ2) is 10.8. The van der Waals surface area contributed by atoms with Crippen molar-refractivity contribution in [1.82, 2.24) is 9.55 Å². The normalized spacial score (nSPS) is 18.8. The van der Waals surface area contributed by atoms with Gasteiger partial charge in [0.2, 0.25) is 0 Å². The molecule has 0 spiro atoms. The summed E-state index contributed by atoms with van der Waals surface area (Å²) in [6.45, 7) is 8.28. The Bertz CT molecular complexity index is 1360. The quantitative estimate of drug-likeness (QED) is 0.388. The van der Waals surface area contributed by atoms with E-state index in [1.54, 1.807) is 4.57 Å². The zero-order chi connectivity index (χ0) is 25.7. The Morgan fingerprint density at radius 1 is 1.11 bits per heavy atom. The van der Waals surface area contributed by atoms with E-state index in [1.807, 2.05) is 93.6 Å². The van der Waals surface area contributed by atoms with Gasteiger partial charge in [-0.05, 0) is 50.5 Å². The molecule has 1 aliphatic rings. The minimum atomic E-state index is -0.680. The third-order valence-electron chi connectivity index (χ3n) is 6.65. The standard InChI is InChI=1S/C31H33N3O2/c1-5-11-28-33-23(4)29(24-15-17-27(18-16-24)36-22(2)3)30(35)34(28)21-31(25-12-7-6-8-13-25)19-10-9-14-26(31)20-32/h6-10,12-19,22,26H,5,11,21H2,1-4H3. The molecule has 1 aromatic heterocycles. The largest absolute Gasteiger partial charge is 0.491 e. The Hall–Kier alpha value is -3.91. The number of nitrogens with zero attached hydrogens (tertiary/aromatic N) is 3. The van der Waals surface area contributed by atoms with Crippen LogP contribution in [0.1, 0.15) is 44.3 Å². The number of hydrogen-bond donors (Lipinski definition) is 0. The fraction of sp³-hybridized carbons (Fsp3) is 0.323. The lowest BCUT2D eigenvalue weighted by atomic mass is 9.68. The first-order valence-electron chi connectivity index (χ1n) is 12.6. The Balaban J connectivity index is 1.88. The van der Waals surface area contributed by atoms with E-state index < -0.39 is 11.3 Å². The number of rotatable bonds is 8. The Kier molecular flexibility index (Phi) is 7.55. The molecule has 5 nitrogen and oxygen atoms in total. The van der Waals surface area contributed by atoms with Gasteiger partial charge in [-0.1, -0.05) is 73.7 Å². The molecule has 2 aromatic carbocycles. The lowest BCUT2D eigenvalue weighted by Crippen LogP contribution is -2.42. The van der Waals surface area contributed by atoms with Crippen molar-refractivity contribution in [2.45, 2.75) is 58.6 Å². The second-order valence-corrected chi connectivity index (χ2v) is 9.58. The van der Waals surface area contributed by atoms with Crippen LogP contribution in [0.5, 0.6) is 5.75 Å². The zero-order valence-corrected chi connectivity index (χ0v) is 21.4. The fourth-order valence-electron chi connectivity index (χ4n) is 4.96. The fourth-order valence-corrected chi connectivity index (χ4v) is 4.96. The van der Waals surface area contributed by atoms with E-state index in [-0.39, 0.29) is 11.7 Å². The van der Waals surface area contributed by atoms with E-state index in [4.69, 9.17) is 9.72 Å². The van der Waals surface area contributed by atoms with Crippen molar-refractivity contribution in [3.63, 3.8) is 0 Å². The van der Waals surface area contributed by atoms with Crippen molar-refractivity contribution >= 4 is 0 Å². The van der Waals surface area contributed by atoms with Gasteiger partial charge in [-0.25, -0.2) is 4.98 Å². The van der Waals surface area contributed by atoms with Crippen molar-refractivity contribution in [2.75, 3.05) is 0 Å². The van der Waals surface area contributed by atoms with Gasteiger partial charge in [-0.2, -0.15) is 5.26 Å². The van der Waals surface area contributed by atoms with Gasteiger partial charge in [0.05, 0.1) is 34.8 Å². The van der Waals surface area contributed by atoms with Crippen molar-refractivity contribution in [3.05, 3.63) is 106 Å². The van der Waals surface area contributed by atoms with Gasteiger partial charge in [0.1, 0.15) is 11.6 Å². The number of benzene rings is 2. The number of aromatic nitrogens is 2. The van der Waals surface area contributed by atoms with Crippen LogP contribution >= 0.6 is 0 Å². The molecule has 4 rings (SSSR count). The maximum Gasteiger partial charge on any atom is 0.261 e. The van der Waals surface area contributed by atoms with Crippen molar-refractivity contribution < 1.29 is 4.74 Å².